The molecule has 1 aliphatic carbocycles. The molecular weight excluding hydrogens is 341 g/mol. The molecule has 3 heterocycles. The van der Waals surface area contributed by atoms with Gasteiger partial charge in [-0.1, -0.05) is 0 Å². The Bertz CT molecular complexity index is 943. The van der Waals surface area contributed by atoms with Gasteiger partial charge in [0.05, 0.1) is 4.92 Å². The standard InChI is InChI=1S/C16H16FN7O2/c17-10-5-6-23-15(7-10)21-16(22-23)20-12-2-1-11(8-12)19-14-4-3-13(9-18-14)24(25)26/h3-7,9,11-12H,1-2,8H2,(H,18,19)(H,20,22)/t11-,12-/m0/s1. The fraction of sp³-hybridized carbons (Fsp3) is 0.312. The van der Waals surface area contributed by atoms with Crippen molar-refractivity contribution in [3.63, 3.8) is 0 Å². The van der Waals surface area contributed by atoms with E-state index in [0.29, 0.717) is 17.4 Å². The zero-order valence-corrected chi connectivity index (χ0v) is 13.7. The van der Waals surface area contributed by atoms with Gasteiger partial charge in [-0.2, -0.15) is 4.98 Å². The highest BCUT2D eigenvalue weighted by molar-refractivity contribution is 5.44. The number of anilines is 2. The van der Waals surface area contributed by atoms with Crippen molar-refractivity contribution in [1.82, 2.24) is 19.6 Å². The highest BCUT2D eigenvalue weighted by Crippen LogP contribution is 2.25. The normalized spacial score (nSPS) is 19.6. The lowest BCUT2D eigenvalue weighted by Gasteiger charge is -2.14. The van der Waals surface area contributed by atoms with Gasteiger partial charge >= 0.3 is 0 Å². The lowest BCUT2D eigenvalue weighted by Crippen LogP contribution is -2.21. The van der Waals surface area contributed by atoms with Crippen LogP contribution in [0.1, 0.15) is 19.3 Å². The van der Waals surface area contributed by atoms with E-state index in [-0.39, 0.29) is 23.6 Å². The summed E-state index contributed by atoms with van der Waals surface area (Å²) in [5, 5.41) is 21.5. The third kappa shape index (κ3) is 3.39. The van der Waals surface area contributed by atoms with Crippen LogP contribution in [0.4, 0.5) is 21.8 Å². The van der Waals surface area contributed by atoms with Crippen LogP contribution >= 0.6 is 0 Å². The van der Waals surface area contributed by atoms with E-state index in [1.165, 1.54) is 35.1 Å². The molecule has 2 atom stereocenters. The smallest absolute Gasteiger partial charge is 0.287 e. The van der Waals surface area contributed by atoms with Crippen molar-refractivity contribution in [3.8, 4) is 0 Å². The number of pyridine rings is 2. The van der Waals surface area contributed by atoms with E-state index in [0.717, 1.165) is 19.3 Å². The molecule has 2 N–H and O–H groups in total. The van der Waals surface area contributed by atoms with Gasteiger partial charge in [-0.15, -0.1) is 5.10 Å². The van der Waals surface area contributed by atoms with Gasteiger partial charge in [-0.25, -0.2) is 13.9 Å². The first-order chi connectivity index (χ1) is 12.6. The Morgan fingerprint density at radius 2 is 2.04 bits per heavy atom. The number of hydrogen-bond acceptors (Lipinski definition) is 7. The molecule has 1 fully saturated rings. The summed E-state index contributed by atoms with van der Waals surface area (Å²) in [6, 6.07) is 6.09. The molecule has 0 spiro atoms. The van der Waals surface area contributed by atoms with E-state index in [9.17, 15) is 14.5 Å². The molecule has 3 aromatic heterocycles. The third-order valence-electron chi connectivity index (χ3n) is 4.38. The van der Waals surface area contributed by atoms with E-state index >= 15 is 0 Å². The average molecular weight is 357 g/mol. The van der Waals surface area contributed by atoms with Crippen molar-refractivity contribution in [3.05, 3.63) is 52.6 Å². The average Bonchev–Trinajstić information content (AvgIpc) is 3.21. The van der Waals surface area contributed by atoms with Crippen molar-refractivity contribution in [2.75, 3.05) is 10.6 Å². The number of halogens is 1. The molecule has 0 saturated heterocycles. The van der Waals surface area contributed by atoms with Gasteiger partial charge in [-0.05, 0) is 31.4 Å². The van der Waals surface area contributed by atoms with Crippen molar-refractivity contribution < 1.29 is 9.31 Å². The molecule has 10 heteroatoms. The molecule has 134 valence electrons. The van der Waals surface area contributed by atoms with Crippen LogP contribution in [0.25, 0.3) is 5.65 Å². The van der Waals surface area contributed by atoms with Crippen LogP contribution in [0.15, 0.2) is 36.7 Å². The number of nitrogens with zero attached hydrogens (tertiary/aromatic N) is 5. The zero-order chi connectivity index (χ0) is 18.1. The number of fused-ring (bicyclic) bond motifs is 1. The Morgan fingerprint density at radius 1 is 1.23 bits per heavy atom. The molecule has 26 heavy (non-hydrogen) atoms. The lowest BCUT2D eigenvalue weighted by atomic mass is 10.2. The van der Waals surface area contributed by atoms with E-state index in [1.54, 1.807) is 6.07 Å². The minimum absolute atomic E-state index is 0.0316. The number of hydrogen-bond donors (Lipinski definition) is 2. The third-order valence-corrected chi connectivity index (χ3v) is 4.38. The Labute approximate surface area is 147 Å². The summed E-state index contributed by atoms with van der Waals surface area (Å²) in [6.07, 6.45) is 5.46. The SMILES string of the molecule is O=[N+]([O-])c1ccc(N[C@H]2CC[C@H](Nc3nc4cc(F)ccn4n3)C2)nc1. The Hall–Kier alpha value is -3.30. The van der Waals surface area contributed by atoms with E-state index in [1.807, 2.05) is 0 Å². The van der Waals surface area contributed by atoms with Crippen LogP contribution in [-0.4, -0.2) is 36.6 Å². The van der Waals surface area contributed by atoms with Gasteiger partial charge in [0.25, 0.3) is 5.69 Å². The van der Waals surface area contributed by atoms with E-state index in [4.69, 9.17) is 0 Å². The molecule has 9 nitrogen and oxygen atoms in total. The number of nitro groups is 1. The predicted molar refractivity (Wildman–Crippen MR) is 92.5 cm³/mol. The minimum atomic E-state index is -0.472. The van der Waals surface area contributed by atoms with Crippen molar-refractivity contribution in [2.45, 2.75) is 31.3 Å². The Morgan fingerprint density at radius 3 is 2.77 bits per heavy atom. The summed E-state index contributed by atoms with van der Waals surface area (Å²) >= 11 is 0. The molecule has 0 aliphatic heterocycles. The highest BCUT2D eigenvalue weighted by atomic mass is 19.1. The van der Waals surface area contributed by atoms with Gasteiger partial charge in [0, 0.05) is 30.4 Å². The largest absolute Gasteiger partial charge is 0.367 e. The minimum Gasteiger partial charge on any atom is -0.367 e. The fourth-order valence-electron chi connectivity index (χ4n) is 3.13. The second kappa shape index (κ2) is 6.54. The highest BCUT2D eigenvalue weighted by Gasteiger charge is 2.26. The maximum absolute atomic E-state index is 13.2. The van der Waals surface area contributed by atoms with E-state index in [2.05, 4.69) is 25.7 Å². The molecule has 1 aliphatic rings. The topological polar surface area (TPSA) is 110 Å². The van der Waals surface area contributed by atoms with Crippen molar-refractivity contribution >= 4 is 23.1 Å². The summed E-state index contributed by atoms with van der Waals surface area (Å²) in [5.74, 6) is 0.731. The number of nitrogens with one attached hydrogen (secondary N) is 2. The van der Waals surface area contributed by atoms with Gasteiger partial charge < -0.3 is 10.6 Å². The van der Waals surface area contributed by atoms with Gasteiger partial charge in [0.2, 0.25) is 5.95 Å². The molecule has 0 unspecified atom stereocenters. The summed E-state index contributed by atoms with van der Waals surface area (Å²) in [7, 11) is 0. The first kappa shape index (κ1) is 16.2. The predicted octanol–water partition coefficient (Wildman–Crippen LogP) is 2.62. The van der Waals surface area contributed by atoms with Crippen LogP contribution in [0.3, 0.4) is 0 Å². The maximum atomic E-state index is 13.2. The zero-order valence-electron chi connectivity index (χ0n) is 13.7. The first-order valence-corrected chi connectivity index (χ1v) is 8.22. The van der Waals surface area contributed by atoms with Crippen molar-refractivity contribution in [2.24, 2.45) is 0 Å². The molecule has 0 bridgehead atoms. The monoisotopic (exact) mass is 357 g/mol. The van der Waals surface area contributed by atoms with Crippen molar-refractivity contribution in [1.29, 1.82) is 0 Å². The first-order valence-electron chi connectivity index (χ1n) is 8.22. The quantitative estimate of drug-likeness (QED) is 0.533. The molecule has 0 radical (unpaired) electrons. The number of rotatable bonds is 5. The van der Waals surface area contributed by atoms with Crippen LogP contribution in [0, 0.1) is 15.9 Å². The van der Waals surface area contributed by atoms with Crippen LogP contribution in [0.5, 0.6) is 0 Å². The molecule has 4 rings (SSSR count). The Balaban J connectivity index is 1.36. The molecular formula is C16H16FN7O2. The lowest BCUT2D eigenvalue weighted by molar-refractivity contribution is -0.385. The maximum Gasteiger partial charge on any atom is 0.287 e. The van der Waals surface area contributed by atoms with Crippen LogP contribution in [-0.2, 0) is 0 Å². The molecule has 3 aromatic rings. The van der Waals surface area contributed by atoms with Gasteiger partial charge in [-0.3, -0.25) is 10.1 Å². The second-order valence-corrected chi connectivity index (χ2v) is 6.24. The summed E-state index contributed by atoms with van der Waals surface area (Å²) in [5.41, 5.74) is 0.422. The summed E-state index contributed by atoms with van der Waals surface area (Å²) in [6.45, 7) is 0. The van der Waals surface area contributed by atoms with Crippen LogP contribution < -0.4 is 10.6 Å². The summed E-state index contributed by atoms with van der Waals surface area (Å²) < 4.78 is 14.7. The van der Waals surface area contributed by atoms with Gasteiger partial charge in [0.1, 0.15) is 17.8 Å². The summed E-state index contributed by atoms with van der Waals surface area (Å²) in [4.78, 5) is 18.5. The van der Waals surface area contributed by atoms with E-state index < -0.39 is 4.92 Å². The molecule has 1 saturated carbocycles. The Kier molecular flexibility index (Phi) is 4.07. The van der Waals surface area contributed by atoms with Crippen LogP contribution in [0.2, 0.25) is 0 Å². The number of aromatic nitrogens is 4. The molecule has 0 aromatic carbocycles. The fourth-order valence-corrected chi connectivity index (χ4v) is 3.13. The van der Waals surface area contributed by atoms with Gasteiger partial charge in [0.15, 0.2) is 5.65 Å². The second-order valence-electron chi connectivity index (χ2n) is 6.24. The molecule has 0 amide bonds.